The van der Waals surface area contributed by atoms with Crippen LogP contribution in [-0.4, -0.2) is 37.4 Å². The zero-order valence-electron chi connectivity index (χ0n) is 17.9. The van der Waals surface area contributed by atoms with Gasteiger partial charge < -0.3 is 20.1 Å². The van der Waals surface area contributed by atoms with Crippen molar-refractivity contribution in [2.75, 3.05) is 19.0 Å². The van der Waals surface area contributed by atoms with E-state index in [9.17, 15) is 14.4 Å². The summed E-state index contributed by atoms with van der Waals surface area (Å²) in [6, 6.07) is 12.0. The molecule has 1 fully saturated rings. The molecule has 0 heterocycles. The topological polar surface area (TPSA) is 93.7 Å². The summed E-state index contributed by atoms with van der Waals surface area (Å²) in [7, 11) is 1.44. The highest BCUT2D eigenvalue weighted by Crippen LogP contribution is 2.28. The standard InChI is InChI=1S/C24H28N2O5/c1-16-8-11-19(12-9-16)25-22(27)15-31-20-13-10-17(14-21(20)30-2)23(28)24(29)26-18-6-4-3-5-7-18/h8-14,18H,3-7,15H2,1-2H3,(H,25,27)(H,26,29). The number of hydrogen-bond acceptors (Lipinski definition) is 5. The summed E-state index contributed by atoms with van der Waals surface area (Å²) in [5.74, 6) is -0.962. The number of anilines is 1. The molecule has 1 aliphatic rings. The number of ketones is 1. The lowest BCUT2D eigenvalue weighted by molar-refractivity contribution is -0.118. The third-order valence-corrected chi connectivity index (χ3v) is 5.27. The van der Waals surface area contributed by atoms with E-state index in [0.29, 0.717) is 11.4 Å². The molecule has 0 aromatic heterocycles. The van der Waals surface area contributed by atoms with Gasteiger partial charge in [-0.15, -0.1) is 0 Å². The van der Waals surface area contributed by atoms with E-state index in [2.05, 4.69) is 10.6 Å². The normalized spacial score (nSPS) is 13.9. The number of amides is 2. The molecule has 0 spiro atoms. The van der Waals surface area contributed by atoms with E-state index in [1.807, 2.05) is 31.2 Å². The van der Waals surface area contributed by atoms with Crippen LogP contribution in [0.15, 0.2) is 42.5 Å². The average molecular weight is 424 g/mol. The minimum absolute atomic E-state index is 0.0572. The highest BCUT2D eigenvalue weighted by atomic mass is 16.5. The van der Waals surface area contributed by atoms with Gasteiger partial charge >= 0.3 is 0 Å². The second kappa shape index (κ2) is 10.6. The smallest absolute Gasteiger partial charge is 0.292 e. The molecule has 1 saturated carbocycles. The summed E-state index contributed by atoms with van der Waals surface area (Å²) >= 11 is 0. The van der Waals surface area contributed by atoms with E-state index in [1.165, 1.54) is 31.7 Å². The summed E-state index contributed by atoms with van der Waals surface area (Å²) in [4.78, 5) is 37.0. The zero-order chi connectivity index (χ0) is 22.2. The first-order valence-electron chi connectivity index (χ1n) is 10.5. The molecule has 0 unspecified atom stereocenters. The summed E-state index contributed by atoms with van der Waals surface area (Å²) in [5, 5.41) is 5.57. The maximum Gasteiger partial charge on any atom is 0.292 e. The minimum atomic E-state index is -0.618. The number of ether oxygens (including phenoxy) is 2. The van der Waals surface area contributed by atoms with Gasteiger partial charge in [-0.3, -0.25) is 14.4 Å². The van der Waals surface area contributed by atoms with Gasteiger partial charge in [0.1, 0.15) is 0 Å². The molecule has 0 saturated heterocycles. The maximum absolute atomic E-state index is 12.5. The van der Waals surface area contributed by atoms with Gasteiger partial charge in [0.05, 0.1) is 7.11 Å². The molecule has 0 radical (unpaired) electrons. The summed E-state index contributed by atoms with van der Waals surface area (Å²) < 4.78 is 10.8. The Hall–Kier alpha value is -3.35. The van der Waals surface area contributed by atoms with E-state index in [0.717, 1.165) is 31.2 Å². The first kappa shape index (κ1) is 22.3. The largest absolute Gasteiger partial charge is 0.493 e. The number of rotatable bonds is 8. The van der Waals surface area contributed by atoms with Crippen molar-refractivity contribution in [2.24, 2.45) is 0 Å². The number of hydrogen-bond donors (Lipinski definition) is 2. The van der Waals surface area contributed by atoms with Crippen LogP contribution in [0.25, 0.3) is 0 Å². The second-order valence-electron chi connectivity index (χ2n) is 7.71. The van der Waals surface area contributed by atoms with Gasteiger partial charge in [0.15, 0.2) is 18.1 Å². The van der Waals surface area contributed by atoms with Crippen molar-refractivity contribution >= 4 is 23.3 Å². The number of aryl methyl sites for hydroxylation is 1. The first-order chi connectivity index (χ1) is 15.0. The summed E-state index contributed by atoms with van der Waals surface area (Å²) in [6.07, 6.45) is 5.11. The molecular formula is C24H28N2O5. The Labute approximate surface area is 182 Å². The van der Waals surface area contributed by atoms with Crippen LogP contribution in [0.1, 0.15) is 48.0 Å². The third kappa shape index (κ3) is 6.31. The Morgan fingerprint density at radius 3 is 2.35 bits per heavy atom. The lowest BCUT2D eigenvalue weighted by atomic mass is 9.95. The zero-order valence-corrected chi connectivity index (χ0v) is 17.9. The monoisotopic (exact) mass is 424 g/mol. The number of benzene rings is 2. The molecular weight excluding hydrogens is 396 g/mol. The van der Waals surface area contributed by atoms with Gasteiger partial charge in [-0.05, 0) is 50.1 Å². The van der Waals surface area contributed by atoms with E-state index in [-0.39, 0.29) is 29.9 Å². The Balaban J connectivity index is 1.58. The molecule has 7 nitrogen and oxygen atoms in total. The molecule has 1 aliphatic carbocycles. The van der Waals surface area contributed by atoms with Gasteiger partial charge in [-0.2, -0.15) is 0 Å². The van der Waals surface area contributed by atoms with Crippen molar-refractivity contribution in [3.8, 4) is 11.5 Å². The number of Topliss-reactive ketones (excluding diaryl/α,β-unsaturated/α-hetero) is 1. The Morgan fingerprint density at radius 2 is 1.68 bits per heavy atom. The fraction of sp³-hybridized carbons (Fsp3) is 0.375. The summed E-state index contributed by atoms with van der Waals surface area (Å²) in [6.45, 7) is 1.74. The molecule has 31 heavy (non-hydrogen) atoms. The van der Waals surface area contributed by atoms with Crippen LogP contribution in [0.4, 0.5) is 5.69 Å². The molecule has 0 bridgehead atoms. The SMILES string of the molecule is COc1cc(C(=O)C(=O)NC2CCCCC2)ccc1OCC(=O)Nc1ccc(C)cc1. The minimum Gasteiger partial charge on any atom is -0.493 e. The van der Waals surface area contributed by atoms with Crippen LogP contribution in [0.3, 0.4) is 0 Å². The predicted molar refractivity (Wildman–Crippen MR) is 118 cm³/mol. The van der Waals surface area contributed by atoms with Crippen molar-refractivity contribution < 1.29 is 23.9 Å². The molecule has 2 aromatic carbocycles. The van der Waals surface area contributed by atoms with Gasteiger partial charge in [0.25, 0.3) is 11.8 Å². The predicted octanol–water partition coefficient (Wildman–Crippen LogP) is 3.65. The van der Waals surface area contributed by atoms with Gasteiger partial charge in [-0.1, -0.05) is 37.0 Å². The molecule has 2 amide bonds. The highest BCUT2D eigenvalue weighted by molar-refractivity contribution is 6.42. The van der Waals surface area contributed by atoms with Crippen LogP contribution in [-0.2, 0) is 9.59 Å². The van der Waals surface area contributed by atoms with Crippen LogP contribution in [0.2, 0.25) is 0 Å². The maximum atomic E-state index is 12.5. The van der Waals surface area contributed by atoms with Crippen molar-refractivity contribution in [3.63, 3.8) is 0 Å². The fourth-order valence-corrected chi connectivity index (χ4v) is 3.53. The third-order valence-electron chi connectivity index (χ3n) is 5.27. The number of carbonyl (C=O) groups is 3. The molecule has 7 heteroatoms. The quantitative estimate of drug-likeness (QED) is 0.498. The molecule has 164 valence electrons. The summed E-state index contributed by atoms with van der Waals surface area (Å²) in [5.41, 5.74) is 1.98. The van der Waals surface area contributed by atoms with Crippen LogP contribution >= 0.6 is 0 Å². The number of nitrogens with one attached hydrogen (secondary N) is 2. The van der Waals surface area contributed by atoms with Gasteiger partial charge in [0.2, 0.25) is 5.78 Å². The second-order valence-corrected chi connectivity index (χ2v) is 7.71. The fourth-order valence-electron chi connectivity index (χ4n) is 3.53. The van der Waals surface area contributed by atoms with Crippen LogP contribution in [0.5, 0.6) is 11.5 Å². The first-order valence-corrected chi connectivity index (χ1v) is 10.5. The molecule has 2 aromatic rings. The molecule has 3 rings (SSSR count). The van der Waals surface area contributed by atoms with Gasteiger partial charge in [0, 0.05) is 17.3 Å². The van der Waals surface area contributed by atoms with Crippen LogP contribution < -0.4 is 20.1 Å². The van der Waals surface area contributed by atoms with Crippen molar-refractivity contribution in [1.29, 1.82) is 0 Å². The molecule has 0 atom stereocenters. The Kier molecular flexibility index (Phi) is 7.65. The van der Waals surface area contributed by atoms with Crippen molar-refractivity contribution in [1.82, 2.24) is 5.32 Å². The molecule has 0 aliphatic heterocycles. The van der Waals surface area contributed by atoms with Crippen LogP contribution in [0, 0.1) is 6.92 Å². The average Bonchev–Trinajstić information content (AvgIpc) is 2.79. The Bertz CT molecular complexity index is 933. The Morgan fingerprint density at radius 1 is 0.968 bits per heavy atom. The number of carbonyl (C=O) groups excluding carboxylic acids is 3. The van der Waals surface area contributed by atoms with Gasteiger partial charge in [-0.25, -0.2) is 0 Å². The van der Waals surface area contributed by atoms with Crippen molar-refractivity contribution in [3.05, 3.63) is 53.6 Å². The lowest BCUT2D eigenvalue weighted by Crippen LogP contribution is -2.40. The highest BCUT2D eigenvalue weighted by Gasteiger charge is 2.22. The van der Waals surface area contributed by atoms with E-state index in [4.69, 9.17) is 9.47 Å². The molecule has 2 N–H and O–H groups in total. The van der Waals surface area contributed by atoms with E-state index < -0.39 is 11.7 Å². The van der Waals surface area contributed by atoms with E-state index >= 15 is 0 Å². The van der Waals surface area contributed by atoms with Crippen molar-refractivity contribution in [2.45, 2.75) is 45.1 Å². The lowest BCUT2D eigenvalue weighted by Gasteiger charge is -2.22. The van der Waals surface area contributed by atoms with E-state index in [1.54, 1.807) is 0 Å². The number of methoxy groups -OCH3 is 1.